The predicted octanol–water partition coefficient (Wildman–Crippen LogP) is 1.78. The number of aromatic nitrogens is 2. The van der Waals surface area contributed by atoms with Gasteiger partial charge in [-0.1, -0.05) is 30.3 Å². The molecule has 1 unspecified atom stereocenters. The Morgan fingerprint density at radius 3 is 2.89 bits per heavy atom. The van der Waals surface area contributed by atoms with Crippen molar-refractivity contribution in [2.75, 3.05) is 39.9 Å². The van der Waals surface area contributed by atoms with Gasteiger partial charge in [0.2, 0.25) is 5.91 Å². The number of carbonyl (C=O) groups excluding carboxylic acids is 1. The molecule has 0 aliphatic carbocycles. The third-order valence-corrected chi connectivity index (χ3v) is 5.62. The van der Waals surface area contributed by atoms with Gasteiger partial charge >= 0.3 is 0 Å². The van der Waals surface area contributed by atoms with E-state index < -0.39 is 0 Å². The van der Waals surface area contributed by atoms with Crippen LogP contribution in [0.15, 0.2) is 36.4 Å². The number of hydrogen-bond acceptors (Lipinski definition) is 4. The lowest BCUT2D eigenvalue weighted by Crippen LogP contribution is -2.42. The monoisotopic (exact) mass is 368 g/mol. The first kappa shape index (κ1) is 18.2. The van der Waals surface area contributed by atoms with Gasteiger partial charge in [0.1, 0.15) is 0 Å². The summed E-state index contributed by atoms with van der Waals surface area (Å²) in [4.78, 5) is 17.3. The lowest BCUT2D eigenvalue weighted by Gasteiger charge is -2.30. The number of benzene rings is 1. The van der Waals surface area contributed by atoms with E-state index in [2.05, 4.69) is 39.9 Å². The maximum atomic E-state index is 13.0. The lowest BCUT2D eigenvalue weighted by molar-refractivity contribution is -0.136. The van der Waals surface area contributed by atoms with E-state index in [1.54, 1.807) is 7.11 Å². The van der Waals surface area contributed by atoms with Crippen molar-refractivity contribution in [3.8, 4) is 0 Å². The number of nitrogens with zero attached hydrogens (tertiary/aromatic N) is 4. The number of methoxy groups -OCH3 is 1. The highest BCUT2D eigenvalue weighted by Gasteiger charge is 2.32. The van der Waals surface area contributed by atoms with Gasteiger partial charge in [0.05, 0.1) is 37.0 Å². The molecule has 6 heteroatoms. The van der Waals surface area contributed by atoms with Crippen molar-refractivity contribution in [2.24, 2.45) is 5.92 Å². The van der Waals surface area contributed by atoms with Crippen LogP contribution in [0.25, 0.3) is 0 Å². The first-order valence-electron chi connectivity index (χ1n) is 9.82. The second-order valence-electron chi connectivity index (χ2n) is 7.55. The summed E-state index contributed by atoms with van der Waals surface area (Å²) in [5.74, 6) is 0.423. The molecule has 6 nitrogen and oxygen atoms in total. The highest BCUT2D eigenvalue weighted by molar-refractivity contribution is 5.79. The molecule has 1 atom stereocenters. The van der Waals surface area contributed by atoms with Gasteiger partial charge in [0, 0.05) is 33.2 Å². The molecule has 2 aromatic rings. The van der Waals surface area contributed by atoms with Gasteiger partial charge in [-0.2, -0.15) is 5.10 Å². The smallest absolute Gasteiger partial charge is 0.227 e. The molecule has 0 N–H and O–H groups in total. The standard InChI is InChI=1S/C21H28N4O2/c1-27-12-11-23-8-7-18(15-23)21(26)24-9-10-25-20(16-24)14-19(22-25)13-17-5-3-2-4-6-17/h2-6,14,18H,7-13,15-16H2,1H3. The second kappa shape index (κ2) is 8.23. The van der Waals surface area contributed by atoms with Gasteiger partial charge < -0.3 is 14.5 Å². The molecule has 144 valence electrons. The predicted molar refractivity (Wildman–Crippen MR) is 103 cm³/mol. The number of hydrogen-bond donors (Lipinski definition) is 0. The third-order valence-electron chi connectivity index (χ3n) is 5.62. The molecule has 4 rings (SSSR count). The van der Waals surface area contributed by atoms with Crippen molar-refractivity contribution in [2.45, 2.75) is 25.9 Å². The van der Waals surface area contributed by atoms with Crippen molar-refractivity contribution in [3.63, 3.8) is 0 Å². The normalized spacial score (nSPS) is 20.0. The van der Waals surface area contributed by atoms with Gasteiger partial charge in [-0.15, -0.1) is 0 Å². The summed E-state index contributed by atoms with van der Waals surface area (Å²) < 4.78 is 7.22. The van der Waals surface area contributed by atoms with Crippen LogP contribution >= 0.6 is 0 Å². The Kier molecular flexibility index (Phi) is 5.55. The SMILES string of the molecule is COCCN1CCC(C(=O)N2CCn3nc(Cc4ccccc4)cc3C2)C1. The van der Waals surface area contributed by atoms with Gasteiger partial charge in [0.15, 0.2) is 0 Å². The minimum atomic E-state index is 0.125. The van der Waals surface area contributed by atoms with Crippen molar-refractivity contribution < 1.29 is 9.53 Å². The molecule has 0 saturated carbocycles. The molecule has 1 aromatic carbocycles. The molecule has 3 heterocycles. The van der Waals surface area contributed by atoms with Gasteiger partial charge in [-0.3, -0.25) is 9.48 Å². The summed E-state index contributed by atoms with van der Waals surface area (Å²) in [6.45, 7) is 5.71. The van der Waals surface area contributed by atoms with Crippen LogP contribution in [0, 0.1) is 5.92 Å². The van der Waals surface area contributed by atoms with E-state index in [0.717, 1.165) is 63.6 Å². The molecule has 1 fully saturated rings. The summed E-state index contributed by atoms with van der Waals surface area (Å²) in [7, 11) is 1.72. The van der Waals surface area contributed by atoms with Crippen molar-refractivity contribution in [3.05, 3.63) is 53.3 Å². The summed E-state index contributed by atoms with van der Waals surface area (Å²) >= 11 is 0. The van der Waals surface area contributed by atoms with E-state index in [4.69, 9.17) is 9.84 Å². The fraction of sp³-hybridized carbons (Fsp3) is 0.524. The Morgan fingerprint density at radius 2 is 2.07 bits per heavy atom. The Hall–Kier alpha value is -2.18. The van der Waals surface area contributed by atoms with E-state index in [1.807, 2.05) is 11.0 Å². The Bertz CT molecular complexity index is 774. The fourth-order valence-corrected chi connectivity index (χ4v) is 4.12. The molecular weight excluding hydrogens is 340 g/mol. The third kappa shape index (κ3) is 4.22. The minimum absolute atomic E-state index is 0.125. The molecule has 1 amide bonds. The second-order valence-corrected chi connectivity index (χ2v) is 7.55. The molecule has 1 saturated heterocycles. The minimum Gasteiger partial charge on any atom is -0.383 e. The molecule has 0 bridgehead atoms. The fourth-order valence-electron chi connectivity index (χ4n) is 4.12. The van der Waals surface area contributed by atoms with Crippen LogP contribution in [0.4, 0.5) is 0 Å². The van der Waals surface area contributed by atoms with Crippen LogP contribution in [-0.2, 0) is 29.0 Å². The number of carbonyl (C=O) groups is 1. The maximum absolute atomic E-state index is 13.0. The molecule has 2 aliphatic heterocycles. The average Bonchev–Trinajstić information content (AvgIpc) is 3.32. The van der Waals surface area contributed by atoms with E-state index in [9.17, 15) is 4.79 Å². The van der Waals surface area contributed by atoms with E-state index in [1.165, 1.54) is 5.56 Å². The van der Waals surface area contributed by atoms with Crippen molar-refractivity contribution >= 4 is 5.91 Å². The van der Waals surface area contributed by atoms with Crippen molar-refractivity contribution in [1.82, 2.24) is 19.6 Å². The van der Waals surface area contributed by atoms with Crippen molar-refractivity contribution in [1.29, 1.82) is 0 Å². The largest absolute Gasteiger partial charge is 0.383 e. The highest BCUT2D eigenvalue weighted by Crippen LogP contribution is 2.22. The number of rotatable bonds is 6. The number of fused-ring (bicyclic) bond motifs is 1. The van der Waals surface area contributed by atoms with Crippen LogP contribution in [0.2, 0.25) is 0 Å². The lowest BCUT2D eigenvalue weighted by atomic mass is 10.1. The Balaban J connectivity index is 1.36. The van der Waals surface area contributed by atoms with E-state index in [-0.39, 0.29) is 5.92 Å². The first-order chi connectivity index (χ1) is 13.2. The maximum Gasteiger partial charge on any atom is 0.227 e. The molecule has 27 heavy (non-hydrogen) atoms. The molecule has 0 radical (unpaired) electrons. The summed E-state index contributed by atoms with van der Waals surface area (Å²) in [5.41, 5.74) is 3.50. The Morgan fingerprint density at radius 1 is 1.22 bits per heavy atom. The van der Waals surface area contributed by atoms with E-state index in [0.29, 0.717) is 12.5 Å². The van der Waals surface area contributed by atoms with Crippen LogP contribution in [0.5, 0.6) is 0 Å². The highest BCUT2D eigenvalue weighted by atomic mass is 16.5. The summed E-state index contributed by atoms with van der Waals surface area (Å²) in [6.07, 6.45) is 1.80. The Labute approximate surface area is 160 Å². The van der Waals surface area contributed by atoms with Crippen LogP contribution in [0.3, 0.4) is 0 Å². The topological polar surface area (TPSA) is 50.6 Å². The number of likely N-dealkylation sites (tertiary alicyclic amines) is 1. The van der Waals surface area contributed by atoms with Crippen LogP contribution in [0.1, 0.15) is 23.4 Å². The van der Waals surface area contributed by atoms with Crippen LogP contribution in [-0.4, -0.2) is 65.4 Å². The van der Waals surface area contributed by atoms with E-state index >= 15 is 0 Å². The molecule has 0 spiro atoms. The van der Waals surface area contributed by atoms with Gasteiger partial charge in [-0.25, -0.2) is 0 Å². The zero-order valence-electron chi connectivity index (χ0n) is 16.0. The zero-order valence-corrected chi connectivity index (χ0v) is 16.0. The summed E-state index contributed by atoms with van der Waals surface area (Å²) in [6, 6.07) is 12.6. The van der Waals surface area contributed by atoms with Crippen LogP contribution < -0.4 is 0 Å². The number of ether oxygens (including phenoxy) is 1. The summed E-state index contributed by atoms with van der Waals surface area (Å²) in [5, 5.41) is 4.74. The quantitative estimate of drug-likeness (QED) is 0.780. The first-order valence-corrected chi connectivity index (χ1v) is 9.82. The van der Waals surface area contributed by atoms with Gasteiger partial charge in [0.25, 0.3) is 0 Å². The van der Waals surface area contributed by atoms with Gasteiger partial charge in [-0.05, 0) is 24.6 Å². The number of amides is 1. The molecular formula is C21H28N4O2. The average molecular weight is 368 g/mol. The zero-order chi connectivity index (χ0) is 18.6. The molecule has 1 aromatic heterocycles. The molecule has 2 aliphatic rings.